The van der Waals surface area contributed by atoms with Crippen molar-refractivity contribution < 1.29 is 4.74 Å². The minimum absolute atomic E-state index is 0.481. The van der Waals surface area contributed by atoms with Crippen molar-refractivity contribution in [2.75, 3.05) is 25.6 Å². The number of ether oxygens (including phenoxy) is 1. The minimum Gasteiger partial charge on any atom is -0.493 e. The molecule has 1 aromatic carbocycles. The topological polar surface area (TPSA) is 38.2 Å². The number of benzene rings is 1. The molecule has 0 spiro atoms. The maximum Gasteiger partial charge on any atom is 0.131 e. The molecule has 1 aliphatic rings. The number of anilines is 1. The third-order valence-corrected chi connectivity index (χ3v) is 3.62. The Bertz CT molecular complexity index is 598. The number of rotatable bonds is 3. The van der Waals surface area contributed by atoms with Crippen LogP contribution in [0.25, 0.3) is 0 Å². The van der Waals surface area contributed by atoms with Crippen molar-refractivity contribution in [2.45, 2.75) is 12.8 Å². The van der Waals surface area contributed by atoms with Crippen molar-refractivity contribution in [2.24, 2.45) is 5.92 Å². The number of para-hydroxylation sites is 1. The van der Waals surface area contributed by atoms with E-state index in [0.717, 1.165) is 36.7 Å². The van der Waals surface area contributed by atoms with Gasteiger partial charge in [0.2, 0.25) is 0 Å². The van der Waals surface area contributed by atoms with Crippen LogP contribution in [0, 0.1) is 5.92 Å². The highest BCUT2D eigenvalue weighted by Gasteiger charge is 2.20. The van der Waals surface area contributed by atoms with Gasteiger partial charge in [0.15, 0.2) is 0 Å². The smallest absolute Gasteiger partial charge is 0.131 e. The van der Waals surface area contributed by atoms with Gasteiger partial charge >= 0.3 is 0 Å². The van der Waals surface area contributed by atoms with Crippen LogP contribution in [0.2, 0.25) is 0 Å². The third-order valence-electron chi connectivity index (χ3n) is 3.62. The molecular weight excluding hydrogens is 250 g/mol. The van der Waals surface area contributed by atoms with Crippen LogP contribution in [0.15, 0.2) is 36.7 Å². The summed E-state index contributed by atoms with van der Waals surface area (Å²) in [4.78, 5) is 10.6. The van der Waals surface area contributed by atoms with E-state index in [4.69, 9.17) is 4.74 Å². The highest BCUT2D eigenvalue weighted by Crippen LogP contribution is 2.28. The Morgan fingerprint density at radius 1 is 1.25 bits per heavy atom. The number of hydrogen-bond acceptors (Lipinski definition) is 4. The number of nitrogens with zero attached hydrogens (tertiary/aromatic N) is 3. The number of hydrogen-bond donors (Lipinski definition) is 0. The van der Waals surface area contributed by atoms with Crippen molar-refractivity contribution in [3.05, 3.63) is 47.9 Å². The number of aromatic nitrogens is 2. The molecule has 4 heteroatoms. The van der Waals surface area contributed by atoms with E-state index < -0.39 is 0 Å². The van der Waals surface area contributed by atoms with Gasteiger partial charge in [-0.05, 0) is 24.5 Å². The summed E-state index contributed by atoms with van der Waals surface area (Å²) in [6, 6.07) is 10.3. The second kappa shape index (κ2) is 5.49. The summed E-state index contributed by atoms with van der Waals surface area (Å²) < 4.78 is 5.83. The van der Waals surface area contributed by atoms with Gasteiger partial charge in [-0.2, -0.15) is 0 Å². The van der Waals surface area contributed by atoms with Gasteiger partial charge < -0.3 is 9.64 Å². The Morgan fingerprint density at radius 2 is 2.10 bits per heavy atom. The molecule has 3 rings (SSSR count). The third kappa shape index (κ3) is 2.74. The molecule has 1 atom stereocenters. The molecule has 0 N–H and O–H groups in total. The lowest BCUT2D eigenvalue weighted by molar-refractivity contribution is 0.220. The molecule has 0 unspecified atom stereocenters. The van der Waals surface area contributed by atoms with E-state index in [1.807, 2.05) is 31.1 Å². The van der Waals surface area contributed by atoms with E-state index in [1.165, 1.54) is 5.56 Å². The van der Waals surface area contributed by atoms with Gasteiger partial charge in [0.25, 0.3) is 0 Å². The number of fused-ring (bicyclic) bond motifs is 1. The zero-order valence-electron chi connectivity index (χ0n) is 11.9. The zero-order valence-corrected chi connectivity index (χ0v) is 11.9. The Labute approximate surface area is 119 Å². The monoisotopic (exact) mass is 269 g/mol. The van der Waals surface area contributed by atoms with Crippen molar-refractivity contribution in [3.8, 4) is 5.75 Å². The lowest BCUT2D eigenvalue weighted by Gasteiger charge is -2.25. The summed E-state index contributed by atoms with van der Waals surface area (Å²) >= 11 is 0. The second-order valence-corrected chi connectivity index (χ2v) is 5.45. The van der Waals surface area contributed by atoms with Gasteiger partial charge in [-0.3, -0.25) is 0 Å². The fourth-order valence-electron chi connectivity index (χ4n) is 2.56. The van der Waals surface area contributed by atoms with E-state index in [9.17, 15) is 0 Å². The molecule has 0 saturated carbocycles. The molecule has 2 heterocycles. The van der Waals surface area contributed by atoms with Gasteiger partial charge in [-0.25, -0.2) is 9.97 Å². The van der Waals surface area contributed by atoms with Gasteiger partial charge in [-0.1, -0.05) is 18.2 Å². The highest BCUT2D eigenvalue weighted by molar-refractivity contribution is 5.37. The van der Waals surface area contributed by atoms with Crippen LogP contribution in [0.3, 0.4) is 0 Å². The normalized spacial score (nSPS) is 17.2. The Morgan fingerprint density at radius 3 is 2.95 bits per heavy atom. The Balaban J connectivity index is 1.72. The van der Waals surface area contributed by atoms with Crippen LogP contribution < -0.4 is 9.64 Å². The van der Waals surface area contributed by atoms with E-state index in [2.05, 4.69) is 28.2 Å². The molecule has 0 amide bonds. The molecule has 4 nitrogen and oxygen atoms in total. The van der Waals surface area contributed by atoms with Crippen LogP contribution in [0.4, 0.5) is 5.82 Å². The molecule has 104 valence electrons. The van der Waals surface area contributed by atoms with Gasteiger partial charge in [0.1, 0.15) is 17.9 Å². The van der Waals surface area contributed by atoms with Crippen molar-refractivity contribution in [3.63, 3.8) is 0 Å². The molecule has 20 heavy (non-hydrogen) atoms. The minimum atomic E-state index is 0.481. The average Bonchev–Trinajstić information content (AvgIpc) is 2.47. The van der Waals surface area contributed by atoms with Gasteiger partial charge in [0, 0.05) is 31.8 Å². The standard InChI is InChI=1S/C16H19N3O/c1-19(2)16-9-14(17-11-18-16)8-12-7-13-5-3-4-6-15(13)20-10-12/h3-6,9,11-12H,7-8,10H2,1-2H3/t12-/m0/s1. The summed E-state index contributed by atoms with van der Waals surface area (Å²) in [6.07, 6.45) is 3.62. The van der Waals surface area contributed by atoms with Crippen LogP contribution in [-0.2, 0) is 12.8 Å². The summed E-state index contributed by atoms with van der Waals surface area (Å²) in [5.74, 6) is 2.46. The van der Waals surface area contributed by atoms with Crippen LogP contribution in [0.1, 0.15) is 11.3 Å². The first kappa shape index (κ1) is 12.9. The van der Waals surface area contributed by atoms with Crippen LogP contribution in [0.5, 0.6) is 5.75 Å². The summed E-state index contributed by atoms with van der Waals surface area (Å²) in [7, 11) is 3.98. The molecule has 0 radical (unpaired) electrons. The molecule has 0 saturated heterocycles. The van der Waals surface area contributed by atoms with E-state index in [0.29, 0.717) is 5.92 Å². The molecule has 0 bridgehead atoms. The van der Waals surface area contributed by atoms with Crippen LogP contribution >= 0.6 is 0 Å². The summed E-state index contributed by atoms with van der Waals surface area (Å²) in [5.41, 5.74) is 2.38. The summed E-state index contributed by atoms with van der Waals surface area (Å²) in [5, 5.41) is 0. The maximum absolute atomic E-state index is 5.83. The molecule has 0 aliphatic carbocycles. The van der Waals surface area contributed by atoms with Crippen molar-refractivity contribution >= 4 is 5.82 Å². The first-order valence-corrected chi connectivity index (χ1v) is 6.91. The average molecular weight is 269 g/mol. The fourth-order valence-corrected chi connectivity index (χ4v) is 2.56. The maximum atomic E-state index is 5.83. The van der Waals surface area contributed by atoms with Gasteiger partial charge in [0.05, 0.1) is 6.61 Å². The van der Waals surface area contributed by atoms with E-state index in [1.54, 1.807) is 6.33 Å². The van der Waals surface area contributed by atoms with Crippen molar-refractivity contribution in [1.29, 1.82) is 0 Å². The molecule has 1 aliphatic heterocycles. The second-order valence-electron chi connectivity index (χ2n) is 5.45. The Hall–Kier alpha value is -2.10. The lowest BCUT2D eigenvalue weighted by atomic mass is 9.93. The van der Waals surface area contributed by atoms with Crippen LogP contribution in [-0.4, -0.2) is 30.7 Å². The first-order valence-electron chi connectivity index (χ1n) is 6.91. The SMILES string of the molecule is CN(C)c1cc(C[C@H]2COc3ccccc3C2)ncn1. The lowest BCUT2D eigenvalue weighted by Crippen LogP contribution is -2.23. The van der Waals surface area contributed by atoms with E-state index in [-0.39, 0.29) is 0 Å². The fraction of sp³-hybridized carbons (Fsp3) is 0.375. The largest absolute Gasteiger partial charge is 0.493 e. The predicted molar refractivity (Wildman–Crippen MR) is 79.2 cm³/mol. The molecule has 1 aromatic heterocycles. The van der Waals surface area contributed by atoms with Gasteiger partial charge in [-0.15, -0.1) is 0 Å². The predicted octanol–water partition coefficient (Wildman–Crippen LogP) is 2.34. The summed E-state index contributed by atoms with van der Waals surface area (Å²) in [6.45, 7) is 0.762. The van der Waals surface area contributed by atoms with Crippen molar-refractivity contribution in [1.82, 2.24) is 9.97 Å². The first-order chi connectivity index (χ1) is 9.72. The highest BCUT2D eigenvalue weighted by atomic mass is 16.5. The van der Waals surface area contributed by atoms with E-state index >= 15 is 0 Å². The quantitative estimate of drug-likeness (QED) is 0.857. The zero-order chi connectivity index (χ0) is 13.9. The molecule has 0 fully saturated rings. The molecular formula is C16H19N3O. The molecule has 2 aromatic rings. The Kier molecular flexibility index (Phi) is 3.54.